The van der Waals surface area contributed by atoms with Crippen molar-refractivity contribution in [2.45, 2.75) is 13.0 Å². The molecule has 0 aliphatic carbocycles. The molecule has 0 saturated heterocycles. The van der Waals surface area contributed by atoms with E-state index >= 15 is 0 Å². The number of para-hydroxylation sites is 1. The number of benzene rings is 3. The monoisotopic (exact) mass is 413 g/mol. The van der Waals surface area contributed by atoms with Crippen LogP contribution in [0.1, 0.15) is 21.8 Å². The van der Waals surface area contributed by atoms with Crippen LogP contribution in [0.3, 0.4) is 0 Å². The van der Waals surface area contributed by atoms with Gasteiger partial charge in [0.1, 0.15) is 0 Å². The minimum Gasteiger partial charge on any atom is -0.452 e. The van der Waals surface area contributed by atoms with Crippen LogP contribution in [-0.2, 0) is 22.6 Å². The van der Waals surface area contributed by atoms with Gasteiger partial charge in [-0.3, -0.25) is 4.79 Å². The summed E-state index contributed by atoms with van der Waals surface area (Å²) in [6.07, 6.45) is 0.203. The summed E-state index contributed by atoms with van der Waals surface area (Å²) in [7, 11) is 0. The molecular formula is C24H19N3O4. The predicted molar refractivity (Wildman–Crippen MR) is 114 cm³/mol. The van der Waals surface area contributed by atoms with E-state index in [0.717, 1.165) is 11.1 Å². The highest BCUT2D eigenvalue weighted by Gasteiger charge is 2.16. The van der Waals surface area contributed by atoms with Crippen LogP contribution in [0, 0.1) is 0 Å². The third-order valence-corrected chi connectivity index (χ3v) is 4.44. The van der Waals surface area contributed by atoms with Crippen molar-refractivity contribution < 1.29 is 18.7 Å². The second-order valence-corrected chi connectivity index (χ2v) is 6.70. The number of nitrogens with one attached hydrogen (secondary N) is 1. The van der Waals surface area contributed by atoms with Gasteiger partial charge in [0.05, 0.1) is 17.7 Å². The standard InChI is InChI=1S/C24H19N3O4/c28-21(15-17-9-3-1-4-10-17)25-20-14-8-7-13-19(20)24(29)30-16-22-26-27-23(31-22)18-11-5-2-6-12-18/h1-14H,15-16H2,(H,25,28). The van der Waals surface area contributed by atoms with Gasteiger partial charge in [-0.25, -0.2) is 4.79 Å². The Hall–Kier alpha value is -4.26. The van der Waals surface area contributed by atoms with Crippen LogP contribution in [0.2, 0.25) is 0 Å². The maximum Gasteiger partial charge on any atom is 0.340 e. The first-order chi connectivity index (χ1) is 15.2. The van der Waals surface area contributed by atoms with E-state index in [1.807, 2.05) is 60.7 Å². The van der Waals surface area contributed by atoms with Crippen LogP contribution in [0.4, 0.5) is 5.69 Å². The summed E-state index contributed by atoms with van der Waals surface area (Å²) in [6, 6.07) is 25.3. The molecule has 0 spiro atoms. The zero-order chi connectivity index (χ0) is 21.5. The van der Waals surface area contributed by atoms with Crippen LogP contribution >= 0.6 is 0 Å². The third-order valence-electron chi connectivity index (χ3n) is 4.44. The largest absolute Gasteiger partial charge is 0.452 e. The molecule has 7 heteroatoms. The van der Waals surface area contributed by atoms with Crippen molar-refractivity contribution in [1.82, 2.24) is 10.2 Å². The van der Waals surface area contributed by atoms with E-state index in [2.05, 4.69) is 15.5 Å². The fourth-order valence-electron chi connectivity index (χ4n) is 2.96. The topological polar surface area (TPSA) is 94.3 Å². The summed E-state index contributed by atoms with van der Waals surface area (Å²) < 4.78 is 10.9. The van der Waals surface area contributed by atoms with Crippen LogP contribution in [0.15, 0.2) is 89.3 Å². The van der Waals surface area contributed by atoms with Gasteiger partial charge in [-0.1, -0.05) is 60.7 Å². The SMILES string of the molecule is O=C(Cc1ccccc1)Nc1ccccc1C(=O)OCc1nnc(-c2ccccc2)o1. The Bertz CT molecular complexity index is 1170. The third kappa shape index (κ3) is 5.22. The van der Waals surface area contributed by atoms with Gasteiger partial charge in [-0.2, -0.15) is 0 Å². The molecule has 4 aromatic rings. The van der Waals surface area contributed by atoms with E-state index in [0.29, 0.717) is 11.6 Å². The summed E-state index contributed by atoms with van der Waals surface area (Å²) in [4.78, 5) is 25.0. The molecule has 4 rings (SSSR count). The first-order valence-corrected chi connectivity index (χ1v) is 9.67. The van der Waals surface area contributed by atoms with Crippen molar-refractivity contribution in [3.8, 4) is 11.5 Å². The number of ether oxygens (including phenoxy) is 1. The van der Waals surface area contributed by atoms with Crippen molar-refractivity contribution in [2.24, 2.45) is 0 Å². The molecule has 7 nitrogen and oxygen atoms in total. The molecule has 1 N–H and O–H groups in total. The number of carbonyl (C=O) groups is 2. The lowest BCUT2D eigenvalue weighted by atomic mass is 10.1. The quantitative estimate of drug-likeness (QED) is 0.455. The molecule has 0 unspecified atom stereocenters. The predicted octanol–water partition coefficient (Wildman–Crippen LogP) is 4.27. The lowest BCUT2D eigenvalue weighted by molar-refractivity contribution is -0.115. The Kier molecular flexibility index (Phi) is 6.13. The number of anilines is 1. The minimum atomic E-state index is -0.602. The molecule has 0 fully saturated rings. The second-order valence-electron chi connectivity index (χ2n) is 6.70. The summed E-state index contributed by atoms with van der Waals surface area (Å²) in [6.45, 7) is -0.176. The van der Waals surface area contributed by atoms with Gasteiger partial charge in [-0.15, -0.1) is 10.2 Å². The number of nitrogens with zero attached hydrogens (tertiary/aromatic N) is 2. The van der Waals surface area contributed by atoms with E-state index < -0.39 is 5.97 Å². The van der Waals surface area contributed by atoms with Crippen LogP contribution in [-0.4, -0.2) is 22.1 Å². The van der Waals surface area contributed by atoms with Gasteiger partial charge in [0.2, 0.25) is 11.8 Å². The van der Waals surface area contributed by atoms with Gasteiger partial charge < -0.3 is 14.5 Å². The van der Waals surface area contributed by atoms with Gasteiger partial charge in [0.15, 0.2) is 6.61 Å². The maximum absolute atomic E-state index is 12.6. The zero-order valence-corrected chi connectivity index (χ0v) is 16.5. The van der Waals surface area contributed by atoms with Crippen molar-refractivity contribution in [3.63, 3.8) is 0 Å². The van der Waals surface area contributed by atoms with Gasteiger partial charge >= 0.3 is 5.97 Å². The van der Waals surface area contributed by atoms with E-state index in [4.69, 9.17) is 9.15 Å². The van der Waals surface area contributed by atoms with E-state index in [9.17, 15) is 9.59 Å². The number of rotatable bonds is 7. The fraction of sp³-hybridized carbons (Fsp3) is 0.0833. The molecule has 0 saturated carbocycles. The molecule has 0 radical (unpaired) electrons. The average molecular weight is 413 g/mol. The van der Waals surface area contributed by atoms with E-state index in [1.54, 1.807) is 24.3 Å². The van der Waals surface area contributed by atoms with Crippen molar-refractivity contribution in [3.05, 3.63) is 102 Å². The highest BCUT2D eigenvalue weighted by molar-refractivity contribution is 6.01. The Morgan fingerprint density at radius 1 is 0.839 bits per heavy atom. The molecule has 0 aliphatic heterocycles. The number of hydrogen-bond acceptors (Lipinski definition) is 6. The second kappa shape index (κ2) is 9.49. The Morgan fingerprint density at radius 3 is 2.29 bits per heavy atom. The lowest BCUT2D eigenvalue weighted by Gasteiger charge is -2.10. The maximum atomic E-state index is 12.6. The molecule has 1 aromatic heterocycles. The van der Waals surface area contributed by atoms with Crippen molar-refractivity contribution in [2.75, 3.05) is 5.32 Å². The number of esters is 1. The van der Waals surface area contributed by atoms with E-state index in [1.165, 1.54) is 0 Å². The lowest BCUT2D eigenvalue weighted by Crippen LogP contribution is -2.17. The summed E-state index contributed by atoms with van der Waals surface area (Å²) in [5.41, 5.74) is 2.28. The smallest absolute Gasteiger partial charge is 0.340 e. The molecular weight excluding hydrogens is 394 g/mol. The molecule has 0 atom stereocenters. The summed E-state index contributed by atoms with van der Waals surface area (Å²) in [5, 5.41) is 10.7. The average Bonchev–Trinajstić information content (AvgIpc) is 3.28. The highest BCUT2D eigenvalue weighted by atomic mass is 16.5. The first-order valence-electron chi connectivity index (χ1n) is 9.67. The fourth-order valence-corrected chi connectivity index (χ4v) is 2.96. The Balaban J connectivity index is 1.39. The van der Waals surface area contributed by atoms with Gasteiger partial charge in [-0.05, 0) is 29.8 Å². The summed E-state index contributed by atoms with van der Waals surface area (Å²) >= 11 is 0. The minimum absolute atomic E-state index is 0.176. The Morgan fingerprint density at radius 2 is 1.52 bits per heavy atom. The molecule has 154 valence electrons. The van der Waals surface area contributed by atoms with Crippen molar-refractivity contribution >= 4 is 17.6 Å². The van der Waals surface area contributed by atoms with Crippen LogP contribution in [0.5, 0.6) is 0 Å². The first kappa shape index (κ1) is 20.0. The van der Waals surface area contributed by atoms with Crippen LogP contribution in [0.25, 0.3) is 11.5 Å². The number of carbonyl (C=O) groups excluding carboxylic acids is 2. The molecule has 1 heterocycles. The molecule has 0 aliphatic rings. The number of hydrogen-bond donors (Lipinski definition) is 1. The normalized spacial score (nSPS) is 10.5. The highest BCUT2D eigenvalue weighted by Crippen LogP contribution is 2.19. The zero-order valence-electron chi connectivity index (χ0n) is 16.5. The molecule has 3 aromatic carbocycles. The van der Waals surface area contributed by atoms with E-state index in [-0.39, 0.29) is 30.4 Å². The Labute approximate surface area is 178 Å². The number of aromatic nitrogens is 2. The van der Waals surface area contributed by atoms with Gasteiger partial charge in [0, 0.05) is 5.56 Å². The molecule has 0 bridgehead atoms. The van der Waals surface area contributed by atoms with Crippen LogP contribution < -0.4 is 5.32 Å². The summed E-state index contributed by atoms with van der Waals surface area (Å²) in [5.74, 6) is -0.302. The van der Waals surface area contributed by atoms with Gasteiger partial charge in [0.25, 0.3) is 5.89 Å². The van der Waals surface area contributed by atoms with Crippen molar-refractivity contribution in [1.29, 1.82) is 0 Å². The molecule has 1 amide bonds. The number of amides is 1. The molecule has 31 heavy (non-hydrogen) atoms.